The summed E-state index contributed by atoms with van der Waals surface area (Å²) in [5, 5.41) is 6.74. The third kappa shape index (κ3) is 6.77. The first kappa shape index (κ1) is 22.7. The molecule has 0 bridgehead atoms. The van der Waals surface area contributed by atoms with Crippen molar-refractivity contribution in [3.63, 3.8) is 0 Å². The van der Waals surface area contributed by atoms with E-state index in [2.05, 4.69) is 43.5 Å². The maximum atomic E-state index is 5.77. The molecule has 1 fully saturated rings. The number of hydrogen-bond donors (Lipinski definition) is 2. The van der Waals surface area contributed by atoms with Crippen molar-refractivity contribution in [2.24, 2.45) is 10.9 Å². The Hall–Kier alpha value is -1.99. The van der Waals surface area contributed by atoms with Crippen molar-refractivity contribution in [2.75, 3.05) is 59.3 Å². The van der Waals surface area contributed by atoms with Crippen LogP contribution >= 0.6 is 0 Å². The van der Waals surface area contributed by atoms with Crippen LogP contribution < -0.4 is 20.1 Å². The Kier molecular flexibility index (Phi) is 8.63. The summed E-state index contributed by atoms with van der Waals surface area (Å²) >= 11 is 0. The van der Waals surface area contributed by atoms with Crippen LogP contribution in [0.1, 0.15) is 39.2 Å². The topological polar surface area (TPSA) is 73.3 Å². The molecule has 7 nitrogen and oxygen atoms in total. The van der Waals surface area contributed by atoms with Gasteiger partial charge in [0.2, 0.25) is 0 Å². The average molecular weight is 420 g/mol. The summed E-state index contributed by atoms with van der Waals surface area (Å²) in [6, 6.07) is 6.18. The average Bonchev–Trinajstić information content (AvgIpc) is 3.27. The molecular weight excluding hydrogens is 382 g/mol. The van der Waals surface area contributed by atoms with Crippen molar-refractivity contribution >= 4 is 5.96 Å². The quantitative estimate of drug-likeness (QED) is 0.345. The van der Waals surface area contributed by atoms with Gasteiger partial charge in [-0.1, -0.05) is 19.9 Å². The van der Waals surface area contributed by atoms with Crippen LogP contribution in [0.25, 0.3) is 0 Å². The molecular formula is C23H37N3O4. The first-order valence-corrected chi connectivity index (χ1v) is 11.2. The number of rotatable bonds is 10. The number of ether oxygens (including phenoxy) is 4. The van der Waals surface area contributed by atoms with E-state index in [1.165, 1.54) is 5.56 Å². The molecule has 0 amide bonds. The third-order valence-corrected chi connectivity index (χ3v) is 5.44. The molecule has 0 saturated carbocycles. The summed E-state index contributed by atoms with van der Waals surface area (Å²) in [4.78, 5) is 4.82. The summed E-state index contributed by atoms with van der Waals surface area (Å²) in [6.45, 7) is 13.3. The van der Waals surface area contributed by atoms with Gasteiger partial charge in [0, 0.05) is 37.6 Å². The van der Waals surface area contributed by atoms with Gasteiger partial charge in [-0.3, -0.25) is 4.99 Å². The molecule has 2 heterocycles. The molecule has 1 aromatic carbocycles. The monoisotopic (exact) mass is 419 g/mol. The maximum Gasteiger partial charge on any atom is 0.191 e. The molecule has 0 spiro atoms. The Bertz CT molecular complexity index is 687. The van der Waals surface area contributed by atoms with Gasteiger partial charge in [-0.15, -0.1) is 0 Å². The SMILES string of the molecule is CCNC(=NCC(C)(C)c1ccc2c(c1)OCCO2)NCCCOCC1CCOC1. The van der Waals surface area contributed by atoms with Crippen LogP contribution in [0.4, 0.5) is 0 Å². The molecule has 1 atom stereocenters. The zero-order valence-electron chi connectivity index (χ0n) is 18.7. The lowest BCUT2D eigenvalue weighted by atomic mass is 9.84. The summed E-state index contributed by atoms with van der Waals surface area (Å²) in [5.74, 6) is 3.05. The van der Waals surface area contributed by atoms with Gasteiger partial charge in [0.1, 0.15) is 13.2 Å². The zero-order valence-corrected chi connectivity index (χ0v) is 18.7. The minimum atomic E-state index is -0.120. The van der Waals surface area contributed by atoms with E-state index < -0.39 is 0 Å². The highest BCUT2D eigenvalue weighted by Gasteiger charge is 2.23. The summed E-state index contributed by atoms with van der Waals surface area (Å²) in [6.07, 6.45) is 2.07. The number of benzene rings is 1. The zero-order chi connectivity index (χ0) is 21.2. The smallest absolute Gasteiger partial charge is 0.191 e. The van der Waals surface area contributed by atoms with Gasteiger partial charge in [0.15, 0.2) is 17.5 Å². The Balaban J connectivity index is 1.45. The van der Waals surface area contributed by atoms with Gasteiger partial charge in [-0.2, -0.15) is 0 Å². The minimum absolute atomic E-state index is 0.120. The van der Waals surface area contributed by atoms with Crippen molar-refractivity contribution in [3.05, 3.63) is 23.8 Å². The van der Waals surface area contributed by atoms with Gasteiger partial charge in [0.05, 0.1) is 19.8 Å². The third-order valence-electron chi connectivity index (χ3n) is 5.44. The van der Waals surface area contributed by atoms with E-state index in [1.807, 2.05) is 6.07 Å². The summed E-state index contributed by atoms with van der Waals surface area (Å²) in [5.41, 5.74) is 1.07. The summed E-state index contributed by atoms with van der Waals surface area (Å²) in [7, 11) is 0. The molecule has 2 N–H and O–H groups in total. The second-order valence-electron chi connectivity index (χ2n) is 8.52. The second-order valence-corrected chi connectivity index (χ2v) is 8.52. The van der Waals surface area contributed by atoms with E-state index in [0.717, 1.165) is 69.8 Å². The second kappa shape index (κ2) is 11.4. The number of aliphatic imine (C=N–C) groups is 1. The molecule has 0 aromatic heterocycles. The fraction of sp³-hybridized carbons (Fsp3) is 0.696. The largest absolute Gasteiger partial charge is 0.486 e. The summed E-state index contributed by atoms with van der Waals surface area (Å²) < 4.78 is 22.5. The van der Waals surface area contributed by atoms with E-state index >= 15 is 0 Å². The molecule has 7 heteroatoms. The minimum Gasteiger partial charge on any atom is -0.486 e. The van der Waals surface area contributed by atoms with Crippen molar-refractivity contribution in [1.29, 1.82) is 0 Å². The lowest BCUT2D eigenvalue weighted by Gasteiger charge is -2.26. The first-order valence-electron chi connectivity index (χ1n) is 11.2. The molecule has 2 aliphatic heterocycles. The molecule has 3 rings (SSSR count). The van der Waals surface area contributed by atoms with Crippen LogP contribution in [0.3, 0.4) is 0 Å². The molecule has 1 aromatic rings. The highest BCUT2D eigenvalue weighted by atomic mass is 16.6. The van der Waals surface area contributed by atoms with E-state index in [9.17, 15) is 0 Å². The first-order chi connectivity index (χ1) is 14.6. The predicted octanol–water partition coefficient (Wildman–Crippen LogP) is 2.73. The number of nitrogens with one attached hydrogen (secondary N) is 2. The highest BCUT2D eigenvalue weighted by Crippen LogP contribution is 2.35. The molecule has 1 unspecified atom stereocenters. The highest BCUT2D eigenvalue weighted by molar-refractivity contribution is 5.79. The molecule has 1 saturated heterocycles. The number of hydrogen-bond acceptors (Lipinski definition) is 5. The van der Waals surface area contributed by atoms with E-state index in [1.54, 1.807) is 0 Å². The van der Waals surface area contributed by atoms with Crippen molar-refractivity contribution in [1.82, 2.24) is 10.6 Å². The van der Waals surface area contributed by atoms with E-state index in [4.69, 9.17) is 23.9 Å². The molecule has 0 radical (unpaired) electrons. The Morgan fingerprint density at radius 1 is 1.17 bits per heavy atom. The van der Waals surface area contributed by atoms with Crippen LogP contribution in [0.15, 0.2) is 23.2 Å². The van der Waals surface area contributed by atoms with Crippen LogP contribution in [-0.4, -0.2) is 65.2 Å². The van der Waals surface area contributed by atoms with Crippen LogP contribution in [0, 0.1) is 5.92 Å². The van der Waals surface area contributed by atoms with Crippen molar-refractivity contribution in [3.8, 4) is 11.5 Å². The number of nitrogens with zero attached hydrogens (tertiary/aromatic N) is 1. The predicted molar refractivity (Wildman–Crippen MR) is 119 cm³/mol. The standard InChI is InChI=1S/C23H37N3O4/c1-4-24-22(25-9-5-10-27-15-18-8-11-28-16-18)26-17-23(2,3)19-6-7-20-21(14-19)30-13-12-29-20/h6-7,14,18H,4-5,8-13,15-17H2,1-3H3,(H2,24,25,26). The van der Waals surface area contributed by atoms with Crippen LogP contribution in [0.5, 0.6) is 11.5 Å². The number of fused-ring (bicyclic) bond motifs is 1. The van der Waals surface area contributed by atoms with Gasteiger partial charge in [0.25, 0.3) is 0 Å². The maximum absolute atomic E-state index is 5.77. The Labute approximate surface area is 180 Å². The lowest BCUT2D eigenvalue weighted by molar-refractivity contribution is 0.0888. The molecule has 30 heavy (non-hydrogen) atoms. The molecule has 168 valence electrons. The van der Waals surface area contributed by atoms with Gasteiger partial charge in [-0.05, 0) is 37.5 Å². The molecule has 2 aliphatic rings. The van der Waals surface area contributed by atoms with Crippen LogP contribution in [-0.2, 0) is 14.9 Å². The fourth-order valence-electron chi connectivity index (χ4n) is 3.52. The fourth-order valence-corrected chi connectivity index (χ4v) is 3.52. The normalized spacial score (nSPS) is 19.0. The van der Waals surface area contributed by atoms with Gasteiger partial charge >= 0.3 is 0 Å². The molecule has 0 aliphatic carbocycles. The van der Waals surface area contributed by atoms with Crippen molar-refractivity contribution < 1.29 is 18.9 Å². The van der Waals surface area contributed by atoms with Gasteiger partial charge < -0.3 is 29.6 Å². The number of guanidine groups is 1. The van der Waals surface area contributed by atoms with E-state index in [0.29, 0.717) is 25.7 Å². The van der Waals surface area contributed by atoms with Crippen molar-refractivity contribution in [2.45, 2.75) is 39.0 Å². The Morgan fingerprint density at radius 3 is 2.77 bits per heavy atom. The van der Waals surface area contributed by atoms with E-state index in [-0.39, 0.29) is 5.41 Å². The Morgan fingerprint density at radius 2 is 2.00 bits per heavy atom. The van der Waals surface area contributed by atoms with Crippen LogP contribution in [0.2, 0.25) is 0 Å². The van der Waals surface area contributed by atoms with Gasteiger partial charge in [-0.25, -0.2) is 0 Å². The lowest BCUT2D eigenvalue weighted by Crippen LogP contribution is -2.39.